The van der Waals surface area contributed by atoms with Crippen LogP contribution in [0.3, 0.4) is 0 Å². The summed E-state index contributed by atoms with van der Waals surface area (Å²) >= 11 is 0. The fraction of sp³-hybridized carbons (Fsp3) is 0.440. The molecule has 2 aromatic carbocycles. The van der Waals surface area contributed by atoms with E-state index in [4.69, 9.17) is 0 Å². The third-order valence-corrected chi connectivity index (χ3v) is 5.89. The Labute approximate surface area is 185 Å². The molecule has 1 fully saturated rings. The molecule has 166 valence electrons. The molecule has 1 heterocycles. The van der Waals surface area contributed by atoms with Gasteiger partial charge in [-0.15, -0.1) is 0 Å². The Kier molecular flexibility index (Phi) is 8.47. The maximum atomic E-state index is 12.7. The summed E-state index contributed by atoms with van der Waals surface area (Å²) < 4.78 is 0. The van der Waals surface area contributed by atoms with E-state index in [1.807, 2.05) is 30.3 Å². The number of urea groups is 1. The molecule has 3 amide bonds. The molecule has 31 heavy (non-hydrogen) atoms. The number of anilines is 1. The molecule has 6 heteroatoms. The highest BCUT2D eigenvalue weighted by atomic mass is 16.2. The zero-order chi connectivity index (χ0) is 22.1. The first-order valence-corrected chi connectivity index (χ1v) is 11.3. The van der Waals surface area contributed by atoms with Crippen LogP contribution in [0.4, 0.5) is 10.5 Å². The molecule has 0 saturated carbocycles. The fourth-order valence-corrected chi connectivity index (χ4v) is 3.90. The zero-order valence-electron chi connectivity index (χ0n) is 18.6. The van der Waals surface area contributed by atoms with Crippen LogP contribution in [-0.2, 0) is 17.9 Å². The molecule has 1 aliphatic rings. The molecule has 0 aliphatic carbocycles. The minimum Gasteiger partial charge on any atom is -0.352 e. The molecule has 0 spiro atoms. The van der Waals surface area contributed by atoms with E-state index >= 15 is 0 Å². The van der Waals surface area contributed by atoms with Gasteiger partial charge in [0.25, 0.3) is 0 Å². The van der Waals surface area contributed by atoms with Gasteiger partial charge in [0.1, 0.15) is 0 Å². The Balaban J connectivity index is 1.47. The predicted octanol–water partition coefficient (Wildman–Crippen LogP) is 4.09. The molecule has 1 aliphatic heterocycles. The Morgan fingerprint density at radius 2 is 1.68 bits per heavy atom. The first-order valence-electron chi connectivity index (χ1n) is 11.3. The van der Waals surface area contributed by atoms with Crippen molar-refractivity contribution >= 4 is 17.6 Å². The number of para-hydroxylation sites is 1. The van der Waals surface area contributed by atoms with E-state index in [0.717, 1.165) is 43.7 Å². The van der Waals surface area contributed by atoms with Gasteiger partial charge < -0.3 is 15.5 Å². The lowest BCUT2D eigenvalue weighted by Gasteiger charge is -2.32. The Hall–Kier alpha value is -2.86. The average Bonchev–Trinajstić information content (AvgIpc) is 2.82. The summed E-state index contributed by atoms with van der Waals surface area (Å²) in [6.45, 7) is 9.01. The number of hydrogen-bond donors (Lipinski definition) is 2. The van der Waals surface area contributed by atoms with Crippen molar-refractivity contribution in [2.45, 2.75) is 39.8 Å². The highest BCUT2D eigenvalue weighted by Crippen LogP contribution is 2.18. The largest absolute Gasteiger partial charge is 0.352 e. The summed E-state index contributed by atoms with van der Waals surface area (Å²) in [5.41, 5.74) is 3.14. The number of carbonyl (C=O) groups is 2. The standard InChI is InChI=1S/C25H34N4O2/c1-3-28(4-2)18-21-14-12-20(13-15-21)17-26-24(30)22-9-8-16-29(19-22)25(31)27-23-10-6-5-7-11-23/h5-7,10-15,22H,3-4,8-9,16-19H2,1-2H3,(H,26,30)(H,27,31)/t22-/m1/s1. The van der Waals surface area contributed by atoms with Crippen LogP contribution < -0.4 is 10.6 Å². The van der Waals surface area contributed by atoms with Crippen LogP contribution >= 0.6 is 0 Å². The maximum absolute atomic E-state index is 12.7. The van der Waals surface area contributed by atoms with Gasteiger partial charge in [-0.1, -0.05) is 56.3 Å². The average molecular weight is 423 g/mol. The van der Waals surface area contributed by atoms with Gasteiger partial charge in [-0.05, 0) is 49.2 Å². The van der Waals surface area contributed by atoms with Gasteiger partial charge in [0.2, 0.25) is 5.91 Å². The topological polar surface area (TPSA) is 64.7 Å². The fourth-order valence-electron chi connectivity index (χ4n) is 3.90. The van der Waals surface area contributed by atoms with Crippen molar-refractivity contribution in [3.63, 3.8) is 0 Å². The molecule has 0 bridgehead atoms. The lowest BCUT2D eigenvalue weighted by molar-refractivity contribution is -0.126. The van der Waals surface area contributed by atoms with Gasteiger partial charge in [-0.2, -0.15) is 0 Å². The quantitative estimate of drug-likeness (QED) is 0.673. The highest BCUT2D eigenvalue weighted by Gasteiger charge is 2.28. The second-order valence-electron chi connectivity index (χ2n) is 8.08. The number of rotatable bonds is 8. The van der Waals surface area contributed by atoms with Gasteiger partial charge in [-0.25, -0.2) is 4.79 Å². The Morgan fingerprint density at radius 3 is 2.35 bits per heavy atom. The van der Waals surface area contributed by atoms with E-state index < -0.39 is 0 Å². The van der Waals surface area contributed by atoms with Gasteiger partial charge in [0.05, 0.1) is 5.92 Å². The summed E-state index contributed by atoms with van der Waals surface area (Å²) in [6.07, 6.45) is 1.64. The number of nitrogens with zero attached hydrogens (tertiary/aromatic N) is 2. The van der Waals surface area contributed by atoms with Crippen molar-refractivity contribution < 1.29 is 9.59 Å². The third kappa shape index (κ3) is 6.82. The van der Waals surface area contributed by atoms with Gasteiger partial charge in [-0.3, -0.25) is 9.69 Å². The second-order valence-corrected chi connectivity index (χ2v) is 8.08. The number of piperidine rings is 1. The van der Waals surface area contributed by atoms with Crippen LogP contribution in [-0.4, -0.2) is 47.9 Å². The molecule has 0 unspecified atom stereocenters. The molecule has 6 nitrogen and oxygen atoms in total. The monoisotopic (exact) mass is 422 g/mol. The molecule has 2 N–H and O–H groups in total. The maximum Gasteiger partial charge on any atom is 0.321 e. The summed E-state index contributed by atoms with van der Waals surface area (Å²) in [4.78, 5) is 29.4. The third-order valence-electron chi connectivity index (χ3n) is 5.89. The van der Waals surface area contributed by atoms with E-state index in [9.17, 15) is 9.59 Å². The van der Waals surface area contributed by atoms with Crippen molar-refractivity contribution in [2.75, 3.05) is 31.5 Å². The Bertz CT molecular complexity index is 834. The summed E-state index contributed by atoms with van der Waals surface area (Å²) in [5.74, 6) is -0.151. The molecule has 1 saturated heterocycles. The number of carbonyl (C=O) groups excluding carboxylic acids is 2. The van der Waals surface area contributed by atoms with Crippen LogP contribution in [0.25, 0.3) is 0 Å². The molecular formula is C25H34N4O2. The van der Waals surface area contributed by atoms with Crippen LogP contribution in [0.5, 0.6) is 0 Å². The molecule has 1 atom stereocenters. The minimum absolute atomic E-state index is 0.0180. The lowest BCUT2D eigenvalue weighted by atomic mass is 9.97. The zero-order valence-corrected chi connectivity index (χ0v) is 18.6. The van der Waals surface area contributed by atoms with Crippen LogP contribution in [0.1, 0.15) is 37.8 Å². The van der Waals surface area contributed by atoms with Crippen LogP contribution in [0.15, 0.2) is 54.6 Å². The van der Waals surface area contributed by atoms with E-state index in [1.165, 1.54) is 5.56 Å². The van der Waals surface area contributed by atoms with Crippen molar-refractivity contribution in [2.24, 2.45) is 5.92 Å². The van der Waals surface area contributed by atoms with Gasteiger partial charge >= 0.3 is 6.03 Å². The summed E-state index contributed by atoms with van der Waals surface area (Å²) in [6, 6.07) is 17.7. The first-order chi connectivity index (χ1) is 15.1. The van der Waals surface area contributed by atoms with Crippen molar-refractivity contribution in [1.29, 1.82) is 0 Å². The number of benzene rings is 2. The normalized spacial score (nSPS) is 16.2. The summed E-state index contributed by atoms with van der Waals surface area (Å²) in [7, 11) is 0. The number of nitrogens with one attached hydrogen (secondary N) is 2. The van der Waals surface area contributed by atoms with Crippen molar-refractivity contribution in [1.82, 2.24) is 15.1 Å². The SMILES string of the molecule is CCN(CC)Cc1ccc(CNC(=O)[C@@H]2CCCN(C(=O)Nc3ccccc3)C2)cc1. The van der Waals surface area contributed by atoms with E-state index in [-0.39, 0.29) is 17.9 Å². The number of hydrogen-bond acceptors (Lipinski definition) is 3. The molecule has 0 aromatic heterocycles. The lowest BCUT2D eigenvalue weighted by Crippen LogP contribution is -2.46. The first kappa shape index (κ1) is 22.8. The highest BCUT2D eigenvalue weighted by molar-refractivity contribution is 5.90. The van der Waals surface area contributed by atoms with Crippen LogP contribution in [0, 0.1) is 5.92 Å². The van der Waals surface area contributed by atoms with Gasteiger partial charge in [0.15, 0.2) is 0 Å². The number of amides is 3. The molecule has 0 radical (unpaired) electrons. The van der Waals surface area contributed by atoms with E-state index in [2.05, 4.69) is 53.6 Å². The second kappa shape index (κ2) is 11.5. The van der Waals surface area contributed by atoms with Crippen molar-refractivity contribution in [3.05, 3.63) is 65.7 Å². The smallest absolute Gasteiger partial charge is 0.321 e. The molecule has 2 aromatic rings. The minimum atomic E-state index is -0.169. The predicted molar refractivity (Wildman–Crippen MR) is 125 cm³/mol. The Morgan fingerprint density at radius 1 is 1.00 bits per heavy atom. The van der Waals surface area contributed by atoms with Gasteiger partial charge in [0, 0.05) is 31.9 Å². The number of likely N-dealkylation sites (tertiary alicyclic amines) is 1. The molecule has 3 rings (SSSR count). The van der Waals surface area contributed by atoms with Crippen molar-refractivity contribution in [3.8, 4) is 0 Å². The van der Waals surface area contributed by atoms with E-state index in [1.54, 1.807) is 4.90 Å². The summed E-state index contributed by atoms with van der Waals surface area (Å²) in [5, 5.41) is 5.96. The molecular weight excluding hydrogens is 388 g/mol. The van der Waals surface area contributed by atoms with Crippen LogP contribution in [0.2, 0.25) is 0 Å². The van der Waals surface area contributed by atoms with E-state index in [0.29, 0.717) is 19.6 Å².